The number of rotatable bonds is 3. The molecule has 1 aliphatic carbocycles. The van der Waals surface area contributed by atoms with Gasteiger partial charge in [0, 0.05) is 37.8 Å². The second-order valence-electron chi connectivity index (χ2n) is 5.21. The molecule has 3 rings (SSSR count). The van der Waals surface area contributed by atoms with Gasteiger partial charge in [0.15, 0.2) is 11.6 Å². The van der Waals surface area contributed by atoms with Gasteiger partial charge in [0.1, 0.15) is 0 Å². The van der Waals surface area contributed by atoms with E-state index in [0.717, 1.165) is 39.0 Å². The zero-order valence-electron chi connectivity index (χ0n) is 10.3. The van der Waals surface area contributed by atoms with E-state index in [1.807, 2.05) is 0 Å². The molecule has 1 aliphatic heterocycles. The van der Waals surface area contributed by atoms with Crippen molar-refractivity contribution in [2.45, 2.75) is 18.9 Å². The molecule has 1 heterocycles. The van der Waals surface area contributed by atoms with Crippen LogP contribution in [0.4, 0.5) is 8.78 Å². The van der Waals surface area contributed by atoms with Gasteiger partial charge >= 0.3 is 0 Å². The minimum atomic E-state index is -0.728. The zero-order chi connectivity index (χ0) is 12.5. The summed E-state index contributed by atoms with van der Waals surface area (Å²) in [5.74, 6) is -0.888. The lowest BCUT2D eigenvalue weighted by Gasteiger charge is -2.35. The standard InChI is InChI=1S/C14H18F2N2/c15-12-3-1-2-11(13(12)16)14(10-4-5-10)18-8-6-17-7-9-18/h1-3,10,14,17H,4-9H2/t14-/m1/s1. The highest BCUT2D eigenvalue weighted by molar-refractivity contribution is 5.24. The molecule has 0 bridgehead atoms. The Bertz CT molecular complexity index is 426. The van der Waals surface area contributed by atoms with Crippen LogP contribution in [-0.4, -0.2) is 31.1 Å². The minimum Gasteiger partial charge on any atom is -0.314 e. The average Bonchev–Trinajstić information content (AvgIpc) is 3.21. The van der Waals surface area contributed by atoms with Gasteiger partial charge in [-0.1, -0.05) is 12.1 Å². The molecule has 1 aromatic carbocycles. The van der Waals surface area contributed by atoms with Crippen molar-refractivity contribution in [1.82, 2.24) is 10.2 Å². The van der Waals surface area contributed by atoms with Crippen molar-refractivity contribution >= 4 is 0 Å². The van der Waals surface area contributed by atoms with E-state index in [4.69, 9.17) is 0 Å². The van der Waals surface area contributed by atoms with E-state index < -0.39 is 11.6 Å². The molecule has 0 aromatic heterocycles. The van der Waals surface area contributed by atoms with Crippen LogP contribution >= 0.6 is 0 Å². The zero-order valence-corrected chi connectivity index (χ0v) is 10.3. The molecule has 4 heteroatoms. The summed E-state index contributed by atoms with van der Waals surface area (Å²) in [6, 6.07) is 4.61. The quantitative estimate of drug-likeness (QED) is 0.888. The van der Waals surface area contributed by atoms with Gasteiger partial charge in [-0.05, 0) is 24.8 Å². The predicted molar refractivity (Wildman–Crippen MR) is 66.3 cm³/mol. The Morgan fingerprint density at radius 3 is 2.56 bits per heavy atom. The molecule has 2 nitrogen and oxygen atoms in total. The average molecular weight is 252 g/mol. The molecule has 1 saturated heterocycles. The summed E-state index contributed by atoms with van der Waals surface area (Å²) in [5.41, 5.74) is 0.541. The van der Waals surface area contributed by atoms with Crippen molar-refractivity contribution in [2.75, 3.05) is 26.2 Å². The smallest absolute Gasteiger partial charge is 0.163 e. The largest absolute Gasteiger partial charge is 0.314 e. The first-order valence-electron chi connectivity index (χ1n) is 6.66. The van der Waals surface area contributed by atoms with E-state index in [1.54, 1.807) is 12.1 Å². The maximum Gasteiger partial charge on any atom is 0.163 e. The summed E-state index contributed by atoms with van der Waals surface area (Å²) in [5, 5.41) is 3.30. The van der Waals surface area contributed by atoms with Gasteiger partial charge in [-0.15, -0.1) is 0 Å². The molecule has 18 heavy (non-hydrogen) atoms. The van der Waals surface area contributed by atoms with E-state index in [1.165, 1.54) is 6.07 Å². The van der Waals surface area contributed by atoms with Gasteiger partial charge in [-0.2, -0.15) is 0 Å². The van der Waals surface area contributed by atoms with Crippen molar-refractivity contribution in [3.05, 3.63) is 35.4 Å². The fourth-order valence-corrected chi connectivity index (χ4v) is 2.87. The fraction of sp³-hybridized carbons (Fsp3) is 0.571. The van der Waals surface area contributed by atoms with Crippen molar-refractivity contribution in [2.24, 2.45) is 5.92 Å². The highest BCUT2D eigenvalue weighted by Gasteiger charge is 2.38. The third-order valence-electron chi connectivity index (χ3n) is 3.91. The Morgan fingerprint density at radius 1 is 1.17 bits per heavy atom. The van der Waals surface area contributed by atoms with E-state index >= 15 is 0 Å². The van der Waals surface area contributed by atoms with Crippen molar-refractivity contribution < 1.29 is 8.78 Å². The number of benzene rings is 1. The maximum absolute atomic E-state index is 14.0. The highest BCUT2D eigenvalue weighted by Crippen LogP contribution is 2.45. The van der Waals surface area contributed by atoms with Gasteiger partial charge in [-0.25, -0.2) is 8.78 Å². The van der Waals surface area contributed by atoms with E-state index in [-0.39, 0.29) is 6.04 Å². The van der Waals surface area contributed by atoms with Crippen molar-refractivity contribution in [3.63, 3.8) is 0 Å². The van der Waals surface area contributed by atoms with Crippen LogP contribution in [0.2, 0.25) is 0 Å². The molecule has 1 N–H and O–H groups in total. The fourth-order valence-electron chi connectivity index (χ4n) is 2.87. The molecule has 1 aromatic rings. The molecule has 0 amide bonds. The van der Waals surface area contributed by atoms with Crippen LogP contribution in [0.15, 0.2) is 18.2 Å². The van der Waals surface area contributed by atoms with Crippen LogP contribution in [0.3, 0.4) is 0 Å². The van der Waals surface area contributed by atoms with Gasteiger partial charge in [0.2, 0.25) is 0 Å². The Kier molecular flexibility index (Phi) is 3.31. The number of halogens is 2. The van der Waals surface area contributed by atoms with E-state index in [9.17, 15) is 8.78 Å². The third-order valence-corrected chi connectivity index (χ3v) is 3.91. The van der Waals surface area contributed by atoms with Gasteiger partial charge in [-0.3, -0.25) is 4.90 Å². The first-order chi connectivity index (χ1) is 8.77. The number of nitrogens with zero attached hydrogens (tertiary/aromatic N) is 1. The van der Waals surface area contributed by atoms with Crippen LogP contribution in [0.5, 0.6) is 0 Å². The van der Waals surface area contributed by atoms with Crippen molar-refractivity contribution in [1.29, 1.82) is 0 Å². The van der Waals surface area contributed by atoms with Crippen molar-refractivity contribution in [3.8, 4) is 0 Å². The summed E-state index contributed by atoms with van der Waals surface area (Å²) >= 11 is 0. The van der Waals surface area contributed by atoms with Crippen LogP contribution in [0, 0.1) is 17.6 Å². The second kappa shape index (κ2) is 4.94. The molecular formula is C14H18F2N2. The lowest BCUT2D eigenvalue weighted by Crippen LogP contribution is -2.45. The lowest BCUT2D eigenvalue weighted by atomic mass is 9.99. The Morgan fingerprint density at radius 2 is 1.89 bits per heavy atom. The first kappa shape index (κ1) is 12.1. The SMILES string of the molecule is Fc1cccc([C@@H](C2CC2)N2CCNCC2)c1F. The molecule has 0 radical (unpaired) electrons. The summed E-state index contributed by atoms with van der Waals surface area (Å²) in [7, 11) is 0. The van der Waals surface area contributed by atoms with E-state index in [2.05, 4.69) is 10.2 Å². The van der Waals surface area contributed by atoms with E-state index in [0.29, 0.717) is 11.5 Å². The van der Waals surface area contributed by atoms with Gasteiger partial charge in [0.25, 0.3) is 0 Å². The van der Waals surface area contributed by atoms with Gasteiger partial charge < -0.3 is 5.32 Å². The van der Waals surface area contributed by atoms with Crippen LogP contribution in [0.25, 0.3) is 0 Å². The summed E-state index contributed by atoms with van der Waals surface area (Å²) in [4.78, 5) is 2.30. The summed E-state index contributed by atoms with van der Waals surface area (Å²) in [6.45, 7) is 3.69. The molecule has 98 valence electrons. The number of piperazine rings is 1. The highest BCUT2D eigenvalue weighted by atomic mass is 19.2. The molecular weight excluding hydrogens is 234 g/mol. The third kappa shape index (κ3) is 2.27. The molecule has 0 spiro atoms. The maximum atomic E-state index is 14.0. The summed E-state index contributed by atoms with van der Waals surface area (Å²) < 4.78 is 27.4. The predicted octanol–water partition coefficient (Wildman–Crippen LogP) is 2.32. The Balaban J connectivity index is 1.90. The molecule has 1 atom stereocenters. The molecule has 2 aliphatic rings. The second-order valence-corrected chi connectivity index (χ2v) is 5.21. The molecule has 0 unspecified atom stereocenters. The lowest BCUT2D eigenvalue weighted by molar-refractivity contribution is 0.152. The minimum absolute atomic E-state index is 0.0581. The topological polar surface area (TPSA) is 15.3 Å². The Hall–Kier alpha value is -1.00. The number of nitrogens with one attached hydrogen (secondary N) is 1. The summed E-state index contributed by atoms with van der Waals surface area (Å²) in [6.07, 6.45) is 2.26. The Labute approximate surface area is 106 Å². The van der Waals surface area contributed by atoms with Crippen LogP contribution in [0.1, 0.15) is 24.4 Å². The number of hydrogen-bond donors (Lipinski definition) is 1. The number of hydrogen-bond acceptors (Lipinski definition) is 2. The monoisotopic (exact) mass is 252 g/mol. The molecule has 1 saturated carbocycles. The normalized spacial score (nSPS) is 23.0. The first-order valence-corrected chi connectivity index (χ1v) is 6.66. The van der Waals surface area contributed by atoms with Gasteiger partial charge in [0.05, 0.1) is 0 Å². The molecule has 2 fully saturated rings. The van der Waals surface area contributed by atoms with Crippen LogP contribution < -0.4 is 5.32 Å². The van der Waals surface area contributed by atoms with Crippen LogP contribution in [-0.2, 0) is 0 Å².